The number of aliphatic hydroxyl groups excluding tert-OH is 1. The molecular weight excluding hydrogens is 983 g/mol. The van der Waals surface area contributed by atoms with E-state index in [0.717, 1.165) is 6.92 Å². The number of rotatable bonds is 15. The van der Waals surface area contributed by atoms with Crippen LogP contribution in [0.3, 0.4) is 0 Å². The minimum atomic E-state index is -1.76. The van der Waals surface area contributed by atoms with Crippen molar-refractivity contribution in [1.29, 1.82) is 0 Å². The van der Waals surface area contributed by atoms with Crippen molar-refractivity contribution in [2.24, 2.45) is 23.7 Å². The van der Waals surface area contributed by atoms with Crippen molar-refractivity contribution in [2.45, 2.75) is 194 Å². The lowest BCUT2D eigenvalue weighted by Crippen LogP contribution is -2.65. The van der Waals surface area contributed by atoms with Gasteiger partial charge in [0.05, 0.1) is 25.2 Å². The summed E-state index contributed by atoms with van der Waals surface area (Å²) in [5, 5.41) is 20.5. The van der Waals surface area contributed by atoms with Crippen LogP contribution in [0.5, 0.6) is 5.75 Å². The Morgan fingerprint density at radius 1 is 0.908 bits per heavy atom. The molecule has 21 heteroatoms. The molecule has 76 heavy (non-hydrogen) atoms. The van der Waals surface area contributed by atoms with E-state index in [2.05, 4.69) is 16.0 Å². The molecule has 0 aliphatic carbocycles. The van der Waals surface area contributed by atoms with E-state index in [-0.39, 0.29) is 57.0 Å². The number of amides is 7. The molecule has 21 nitrogen and oxygen atoms in total. The zero-order valence-corrected chi connectivity index (χ0v) is 47.1. The maximum absolute atomic E-state index is 15.1. The maximum Gasteiger partial charge on any atom is 0.329 e. The third-order valence-corrected chi connectivity index (χ3v) is 15.3. The van der Waals surface area contributed by atoms with Gasteiger partial charge in [0, 0.05) is 40.5 Å². The van der Waals surface area contributed by atoms with Crippen molar-refractivity contribution < 1.29 is 67.3 Å². The van der Waals surface area contributed by atoms with Crippen LogP contribution >= 0.6 is 0 Å². The molecule has 0 spiro atoms. The summed E-state index contributed by atoms with van der Waals surface area (Å²) in [7, 11) is 4.31. The molecule has 4 rings (SSSR count). The van der Waals surface area contributed by atoms with Crippen LogP contribution in [-0.4, -0.2) is 178 Å². The Morgan fingerprint density at radius 2 is 1.54 bits per heavy atom. The number of cyclic esters (lactones) is 2. The third-order valence-electron chi connectivity index (χ3n) is 15.3. The number of nitrogens with zero attached hydrogens (tertiary/aromatic N) is 4. The second kappa shape index (κ2) is 27.3. The number of ketones is 1. The molecule has 4 N–H and O–H groups in total. The van der Waals surface area contributed by atoms with Gasteiger partial charge in [0.15, 0.2) is 6.10 Å². The largest absolute Gasteiger partial charge is 0.497 e. The SMILES string of the molecule is CC[C@H](C)[C@]1(C)NC(=O)[C@@H](NC(=O)[C@@H](CC(C)C)N(C)C(=O)[C@@H]2CCCN2C(=O)C(C)=O)[C@@H](C)OC(=O)[C@H](Cc2ccc(OC)cc2)N(C)C(=O)[C@@H]2CCCN2C(=O)[C@H](CC(C)C)NC(=O)[C@H](C(C)C)OC(=O)C[C@@H]1O. The lowest BCUT2D eigenvalue weighted by Gasteiger charge is -2.42. The minimum absolute atomic E-state index is 0.0699. The molecule has 3 aliphatic heterocycles. The topological polar surface area (TPSA) is 268 Å². The van der Waals surface area contributed by atoms with Crippen molar-refractivity contribution >= 4 is 59.1 Å². The molecule has 7 amide bonds. The predicted octanol–water partition coefficient (Wildman–Crippen LogP) is 2.71. The fourth-order valence-corrected chi connectivity index (χ4v) is 10.3. The van der Waals surface area contributed by atoms with Gasteiger partial charge in [0.2, 0.25) is 35.3 Å². The van der Waals surface area contributed by atoms with Crippen LogP contribution in [0.15, 0.2) is 24.3 Å². The Labute approximate surface area is 448 Å². The number of carbonyl (C=O) groups is 10. The van der Waals surface area contributed by atoms with Crippen LogP contribution in [0.4, 0.5) is 0 Å². The fourth-order valence-electron chi connectivity index (χ4n) is 10.3. The zero-order valence-electron chi connectivity index (χ0n) is 47.1. The number of aliphatic hydroxyl groups is 1. The third kappa shape index (κ3) is 15.3. The number of hydrogen-bond acceptors (Lipinski definition) is 14. The molecule has 1 aromatic rings. The van der Waals surface area contributed by atoms with Gasteiger partial charge >= 0.3 is 11.9 Å². The summed E-state index contributed by atoms with van der Waals surface area (Å²) in [6, 6.07) is -0.846. The molecule has 11 atom stereocenters. The molecule has 0 unspecified atom stereocenters. The van der Waals surface area contributed by atoms with Gasteiger partial charge in [-0.2, -0.15) is 0 Å². The summed E-state index contributed by atoms with van der Waals surface area (Å²) in [6.45, 7) is 18.6. The van der Waals surface area contributed by atoms with Gasteiger partial charge in [-0.3, -0.25) is 43.2 Å². The monoisotopic (exact) mass is 1070 g/mol. The number of fused-ring (bicyclic) bond motifs is 1. The minimum Gasteiger partial charge on any atom is -0.497 e. The van der Waals surface area contributed by atoms with E-state index in [0.29, 0.717) is 30.6 Å². The van der Waals surface area contributed by atoms with Gasteiger partial charge in [-0.15, -0.1) is 0 Å². The number of benzene rings is 1. The van der Waals surface area contributed by atoms with E-state index in [1.165, 1.54) is 54.7 Å². The molecule has 3 heterocycles. The van der Waals surface area contributed by atoms with Crippen molar-refractivity contribution in [3.63, 3.8) is 0 Å². The molecule has 0 bridgehead atoms. The summed E-state index contributed by atoms with van der Waals surface area (Å²) in [5.74, 6) is -8.79. The standard InChI is InChI=1S/C55H85N7O14/c1-15-33(8)55(11)43(64)29-44(65)76-46(32(6)7)49(68)56-38(26-30(2)3)51(70)62-25-17-19-40(62)53(72)60(13)42(28-36-20-22-37(74-14)23-21-36)54(73)75-35(10)45(48(67)58-55)57-47(66)41(27-31(4)5)59(12)52(71)39-18-16-24-61(39)50(69)34(9)63/h20-23,30-33,35,38-43,45-46,64H,15-19,24-29H2,1-14H3,(H,56,68)(H,57,66)(H,58,67)/t33-,35+,38-,39-,40-,41+,42-,43-,45-,46-,55-/m0/s1. The molecule has 0 saturated carbocycles. The first-order valence-corrected chi connectivity index (χ1v) is 26.9. The molecule has 1 aromatic carbocycles. The predicted molar refractivity (Wildman–Crippen MR) is 280 cm³/mol. The second-order valence-electron chi connectivity index (χ2n) is 22.3. The van der Waals surface area contributed by atoms with Gasteiger partial charge < -0.3 is 54.9 Å². The van der Waals surface area contributed by atoms with E-state index in [9.17, 15) is 48.3 Å². The van der Waals surface area contributed by atoms with E-state index < -0.39 is 137 Å². The molecule has 3 aliphatic rings. The molecule has 424 valence electrons. The van der Waals surface area contributed by atoms with E-state index in [4.69, 9.17) is 14.2 Å². The number of esters is 2. The Bertz CT molecular complexity index is 2270. The number of ether oxygens (including phenoxy) is 3. The summed E-state index contributed by atoms with van der Waals surface area (Å²) in [6.07, 6.45) is -3.48. The van der Waals surface area contributed by atoms with E-state index >= 15 is 4.79 Å². The number of likely N-dealkylation sites (tertiary alicyclic amines) is 1. The first-order valence-electron chi connectivity index (χ1n) is 26.9. The number of hydrogen-bond donors (Lipinski definition) is 4. The zero-order chi connectivity index (χ0) is 57.1. The highest BCUT2D eigenvalue weighted by Crippen LogP contribution is 2.30. The van der Waals surface area contributed by atoms with Crippen molar-refractivity contribution in [2.75, 3.05) is 34.3 Å². The summed E-state index contributed by atoms with van der Waals surface area (Å²) < 4.78 is 17.3. The summed E-state index contributed by atoms with van der Waals surface area (Å²) >= 11 is 0. The number of likely N-dealkylation sites (N-methyl/N-ethyl adjacent to an activating group) is 2. The molecule has 3 saturated heterocycles. The number of methoxy groups -OCH3 is 1. The van der Waals surface area contributed by atoms with Crippen molar-refractivity contribution in [3.05, 3.63) is 29.8 Å². The molecule has 3 fully saturated rings. The quantitative estimate of drug-likeness (QED) is 0.145. The highest BCUT2D eigenvalue weighted by molar-refractivity contribution is 6.35. The first kappa shape index (κ1) is 62.4. The van der Waals surface area contributed by atoms with Crippen LogP contribution < -0.4 is 20.7 Å². The Kier molecular flexibility index (Phi) is 22.4. The van der Waals surface area contributed by atoms with Crippen LogP contribution in [0.25, 0.3) is 0 Å². The average molecular weight is 1070 g/mol. The number of carbonyl (C=O) groups excluding carboxylic acids is 10. The lowest BCUT2D eigenvalue weighted by atomic mass is 9.78. The van der Waals surface area contributed by atoms with Crippen molar-refractivity contribution in [3.8, 4) is 5.75 Å². The Balaban J connectivity index is 1.90. The van der Waals surface area contributed by atoms with E-state index in [1.54, 1.807) is 52.0 Å². The van der Waals surface area contributed by atoms with Crippen LogP contribution in [-0.2, 0) is 63.8 Å². The van der Waals surface area contributed by atoms with Gasteiger partial charge in [-0.25, -0.2) is 4.79 Å². The van der Waals surface area contributed by atoms with Crippen LogP contribution in [0.2, 0.25) is 0 Å². The average Bonchev–Trinajstić information content (AvgIpc) is 4.07. The van der Waals surface area contributed by atoms with Crippen molar-refractivity contribution in [1.82, 2.24) is 35.6 Å². The summed E-state index contributed by atoms with van der Waals surface area (Å²) in [4.78, 5) is 147. The lowest BCUT2D eigenvalue weighted by molar-refractivity contribution is -0.163. The van der Waals surface area contributed by atoms with Gasteiger partial charge in [0.25, 0.3) is 11.8 Å². The second-order valence-corrected chi connectivity index (χ2v) is 22.3. The van der Waals surface area contributed by atoms with Crippen LogP contribution in [0, 0.1) is 23.7 Å². The van der Waals surface area contributed by atoms with Gasteiger partial charge in [-0.1, -0.05) is 73.9 Å². The highest BCUT2D eigenvalue weighted by atomic mass is 16.6. The van der Waals surface area contributed by atoms with Gasteiger partial charge in [0.1, 0.15) is 48.1 Å². The number of Topliss-reactive ketones (excluding diaryl/α,β-unsaturated/α-hetero) is 1. The Morgan fingerprint density at radius 3 is 2.11 bits per heavy atom. The smallest absolute Gasteiger partial charge is 0.329 e. The van der Waals surface area contributed by atoms with E-state index in [1.807, 2.05) is 27.7 Å². The Hall–Kier alpha value is -6.12. The first-order chi connectivity index (χ1) is 35.6. The maximum atomic E-state index is 15.1. The van der Waals surface area contributed by atoms with Gasteiger partial charge in [-0.05, 0) is 93.7 Å². The fraction of sp³-hybridized carbons (Fsp3) is 0.709. The molecule has 0 radical (unpaired) electrons. The molecular formula is C55H85N7O14. The molecule has 0 aromatic heterocycles. The summed E-state index contributed by atoms with van der Waals surface area (Å²) in [5.41, 5.74) is -1.07. The number of nitrogens with one attached hydrogen (secondary N) is 3. The highest BCUT2D eigenvalue weighted by Gasteiger charge is 2.47. The van der Waals surface area contributed by atoms with Crippen LogP contribution in [0.1, 0.15) is 133 Å². The normalized spacial score (nSPS) is 27.5.